The van der Waals surface area contributed by atoms with Crippen LogP contribution in [-0.4, -0.2) is 40.6 Å². The molecule has 0 aliphatic rings. The Hall–Kier alpha value is -2.12. The van der Waals surface area contributed by atoms with Crippen molar-refractivity contribution in [3.8, 4) is 0 Å². The zero-order chi connectivity index (χ0) is 13.0. The molecular formula is C9H14N4O4. The molecule has 0 spiro atoms. The second-order valence-corrected chi connectivity index (χ2v) is 3.42. The molecule has 17 heavy (non-hydrogen) atoms. The zero-order valence-electron chi connectivity index (χ0n) is 9.91. The number of aryl methyl sites for hydroxylation is 1. The maximum Gasteiger partial charge on any atom is 0.406 e. The van der Waals surface area contributed by atoms with Gasteiger partial charge in [-0.25, -0.2) is 0 Å². The molecule has 1 heterocycles. The topological polar surface area (TPSA) is 90.5 Å². The summed E-state index contributed by atoms with van der Waals surface area (Å²) in [7, 11) is 3.19. The highest BCUT2D eigenvalue weighted by atomic mass is 16.6. The molecule has 1 aromatic heterocycles. The summed E-state index contributed by atoms with van der Waals surface area (Å²) < 4.78 is 6.25. The number of nitro groups is 1. The average Bonchev–Trinajstić information content (AvgIpc) is 2.60. The first-order chi connectivity index (χ1) is 7.97. The Morgan fingerprint density at radius 2 is 2.35 bits per heavy atom. The fourth-order valence-corrected chi connectivity index (χ4v) is 1.46. The van der Waals surface area contributed by atoms with Crippen LogP contribution in [0, 0.1) is 10.1 Å². The first-order valence-corrected chi connectivity index (χ1v) is 4.99. The number of likely N-dealkylation sites (N-methyl/N-ethyl adjacent to an activating group) is 1. The van der Waals surface area contributed by atoms with Gasteiger partial charge in [-0.3, -0.25) is 9.36 Å². The summed E-state index contributed by atoms with van der Waals surface area (Å²) in [6, 6.07) is 0. The molecule has 1 aromatic rings. The zero-order valence-corrected chi connectivity index (χ0v) is 9.91. The lowest BCUT2D eigenvalue weighted by atomic mass is 10.5. The van der Waals surface area contributed by atoms with Crippen molar-refractivity contribution in [2.24, 2.45) is 7.05 Å². The molecule has 0 bridgehead atoms. The highest BCUT2D eigenvalue weighted by Crippen LogP contribution is 2.24. The van der Waals surface area contributed by atoms with E-state index in [1.54, 1.807) is 21.0 Å². The van der Waals surface area contributed by atoms with Crippen molar-refractivity contribution in [1.29, 1.82) is 0 Å². The van der Waals surface area contributed by atoms with E-state index in [0.717, 1.165) is 0 Å². The lowest BCUT2D eigenvalue weighted by Gasteiger charge is -2.16. The Kier molecular flexibility index (Phi) is 4.02. The van der Waals surface area contributed by atoms with Crippen LogP contribution < -0.4 is 4.90 Å². The normalized spacial score (nSPS) is 10.1. The summed E-state index contributed by atoms with van der Waals surface area (Å²) in [4.78, 5) is 26.5. The third-order valence-corrected chi connectivity index (χ3v) is 2.09. The molecule has 8 nitrogen and oxygen atoms in total. The lowest BCUT2D eigenvalue weighted by molar-refractivity contribution is -0.388. The van der Waals surface area contributed by atoms with Gasteiger partial charge in [0, 0.05) is 14.1 Å². The summed E-state index contributed by atoms with van der Waals surface area (Å²) in [6.07, 6.45) is 1.33. The quantitative estimate of drug-likeness (QED) is 0.420. The van der Waals surface area contributed by atoms with E-state index < -0.39 is 10.9 Å². The van der Waals surface area contributed by atoms with Gasteiger partial charge >= 0.3 is 11.8 Å². The minimum Gasteiger partial charge on any atom is -0.465 e. The monoisotopic (exact) mass is 242 g/mol. The highest BCUT2D eigenvalue weighted by molar-refractivity contribution is 5.76. The molecule has 94 valence electrons. The number of ether oxygens (including phenoxy) is 1. The number of rotatable bonds is 5. The average molecular weight is 242 g/mol. The number of imidazole rings is 1. The summed E-state index contributed by atoms with van der Waals surface area (Å²) in [5.41, 5.74) is 0. The Labute approximate surface area is 97.9 Å². The number of carbonyl (C=O) groups is 1. The number of hydrogen-bond acceptors (Lipinski definition) is 6. The number of hydrogen-bond donors (Lipinski definition) is 0. The van der Waals surface area contributed by atoms with Crippen molar-refractivity contribution in [3.05, 3.63) is 16.4 Å². The number of anilines is 1. The van der Waals surface area contributed by atoms with E-state index in [0.29, 0.717) is 0 Å². The first kappa shape index (κ1) is 12.9. The molecule has 0 N–H and O–H groups in total. The lowest BCUT2D eigenvalue weighted by Crippen LogP contribution is -2.29. The Morgan fingerprint density at radius 1 is 1.71 bits per heavy atom. The number of nitrogens with zero attached hydrogens (tertiary/aromatic N) is 4. The van der Waals surface area contributed by atoms with Crippen molar-refractivity contribution in [2.75, 3.05) is 25.1 Å². The largest absolute Gasteiger partial charge is 0.465 e. The summed E-state index contributed by atoms with van der Waals surface area (Å²) >= 11 is 0. The molecule has 8 heteroatoms. The Balaban J connectivity index is 2.88. The number of aromatic nitrogens is 2. The van der Waals surface area contributed by atoms with Crippen molar-refractivity contribution >= 4 is 17.6 Å². The van der Waals surface area contributed by atoms with Gasteiger partial charge in [-0.15, -0.1) is 0 Å². The van der Waals surface area contributed by atoms with Crippen LogP contribution in [-0.2, 0) is 16.6 Å². The predicted octanol–water partition coefficient (Wildman–Crippen LogP) is 0.328. The van der Waals surface area contributed by atoms with Crippen molar-refractivity contribution < 1.29 is 14.5 Å². The Morgan fingerprint density at radius 3 is 2.88 bits per heavy atom. The third kappa shape index (κ3) is 2.92. The molecule has 1 rings (SSSR count). The van der Waals surface area contributed by atoms with Crippen LogP contribution in [0.15, 0.2) is 6.33 Å². The highest BCUT2D eigenvalue weighted by Gasteiger charge is 2.24. The molecule has 0 radical (unpaired) electrons. The molecule has 0 atom stereocenters. The van der Waals surface area contributed by atoms with Gasteiger partial charge in [-0.05, 0) is 16.8 Å². The van der Waals surface area contributed by atoms with Gasteiger partial charge in [0.1, 0.15) is 6.54 Å². The van der Waals surface area contributed by atoms with Crippen LogP contribution in [0.1, 0.15) is 6.92 Å². The van der Waals surface area contributed by atoms with Crippen LogP contribution >= 0.6 is 0 Å². The fourth-order valence-electron chi connectivity index (χ4n) is 1.46. The predicted molar refractivity (Wildman–Crippen MR) is 59.8 cm³/mol. The SMILES string of the molecule is CCOC(=O)CN(C)c1c([N+](=O)[O-])ncn1C. The van der Waals surface area contributed by atoms with E-state index in [-0.39, 0.29) is 24.8 Å². The second-order valence-electron chi connectivity index (χ2n) is 3.42. The van der Waals surface area contributed by atoms with E-state index in [1.165, 1.54) is 15.8 Å². The van der Waals surface area contributed by atoms with Gasteiger partial charge in [0.2, 0.25) is 12.1 Å². The molecule has 0 aliphatic heterocycles. The number of carbonyl (C=O) groups excluding carboxylic acids is 1. The van der Waals surface area contributed by atoms with E-state index in [1.807, 2.05) is 0 Å². The maximum atomic E-state index is 11.3. The molecule has 0 fully saturated rings. The molecular weight excluding hydrogens is 228 g/mol. The molecule has 0 saturated heterocycles. The second kappa shape index (κ2) is 5.28. The van der Waals surface area contributed by atoms with Crippen molar-refractivity contribution in [3.63, 3.8) is 0 Å². The molecule has 0 unspecified atom stereocenters. The third-order valence-electron chi connectivity index (χ3n) is 2.09. The van der Waals surface area contributed by atoms with Crippen LogP contribution in [0.2, 0.25) is 0 Å². The maximum absolute atomic E-state index is 11.3. The van der Waals surface area contributed by atoms with Gasteiger partial charge in [-0.2, -0.15) is 0 Å². The molecule has 0 amide bonds. The van der Waals surface area contributed by atoms with Gasteiger partial charge < -0.3 is 19.8 Å². The summed E-state index contributed by atoms with van der Waals surface area (Å²) in [6.45, 7) is 1.92. The molecule has 0 saturated carbocycles. The minimum atomic E-state index is -0.586. The van der Waals surface area contributed by atoms with Gasteiger partial charge in [-0.1, -0.05) is 0 Å². The van der Waals surface area contributed by atoms with Crippen molar-refractivity contribution in [2.45, 2.75) is 6.92 Å². The van der Waals surface area contributed by atoms with Gasteiger partial charge in [0.15, 0.2) is 0 Å². The standard InChI is InChI=1S/C9H14N4O4/c1-4-17-7(14)5-11(2)9-8(13(15)16)10-6-12(9)3/h6H,4-5H2,1-3H3. The summed E-state index contributed by atoms with van der Waals surface area (Å²) in [5, 5.41) is 10.7. The smallest absolute Gasteiger partial charge is 0.406 e. The fraction of sp³-hybridized carbons (Fsp3) is 0.556. The van der Waals surface area contributed by atoms with Crippen LogP contribution in [0.5, 0.6) is 0 Å². The van der Waals surface area contributed by atoms with Crippen LogP contribution in [0.25, 0.3) is 0 Å². The molecule has 0 aromatic carbocycles. The first-order valence-electron chi connectivity index (χ1n) is 4.99. The van der Waals surface area contributed by atoms with Crippen LogP contribution in [0.4, 0.5) is 11.6 Å². The van der Waals surface area contributed by atoms with E-state index in [2.05, 4.69) is 4.98 Å². The number of esters is 1. The Bertz CT molecular complexity index is 429. The van der Waals surface area contributed by atoms with Gasteiger partial charge in [0.05, 0.1) is 6.61 Å². The van der Waals surface area contributed by atoms with E-state index in [9.17, 15) is 14.9 Å². The van der Waals surface area contributed by atoms with E-state index in [4.69, 9.17) is 4.74 Å². The minimum absolute atomic E-state index is 0.0613. The summed E-state index contributed by atoms with van der Waals surface area (Å²) in [5.74, 6) is -0.451. The van der Waals surface area contributed by atoms with Crippen LogP contribution in [0.3, 0.4) is 0 Å². The van der Waals surface area contributed by atoms with Gasteiger partial charge in [0.25, 0.3) is 0 Å². The molecule has 0 aliphatic carbocycles. The van der Waals surface area contributed by atoms with Crippen molar-refractivity contribution in [1.82, 2.24) is 9.55 Å². The van der Waals surface area contributed by atoms with E-state index >= 15 is 0 Å².